The van der Waals surface area contributed by atoms with E-state index in [0.29, 0.717) is 11.5 Å². The van der Waals surface area contributed by atoms with Crippen LogP contribution in [0.25, 0.3) is 10.9 Å². The van der Waals surface area contributed by atoms with E-state index in [1.54, 1.807) is 24.4 Å². The molecule has 0 fully saturated rings. The van der Waals surface area contributed by atoms with E-state index in [4.69, 9.17) is 5.73 Å². The average molecular weight is 263 g/mol. The van der Waals surface area contributed by atoms with E-state index in [2.05, 4.69) is 9.97 Å². The van der Waals surface area contributed by atoms with Crippen LogP contribution in [0.15, 0.2) is 54.7 Å². The number of carbonyl (C=O) groups excluding carboxylic acids is 1. The van der Waals surface area contributed by atoms with E-state index in [1.165, 1.54) is 0 Å². The lowest BCUT2D eigenvalue weighted by molar-refractivity contribution is 0.0988. The summed E-state index contributed by atoms with van der Waals surface area (Å²) in [5.74, 6) is 0.331. The maximum Gasteiger partial charge on any atom is 0.185 e. The molecule has 0 aliphatic carbocycles. The van der Waals surface area contributed by atoms with Gasteiger partial charge in [-0.05, 0) is 18.2 Å². The predicted octanol–water partition coefficient (Wildman–Crippen LogP) is 2.64. The first-order valence-electron chi connectivity index (χ1n) is 6.32. The van der Waals surface area contributed by atoms with Gasteiger partial charge in [-0.25, -0.2) is 9.97 Å². The van der Waals surface area contributed by atoms with Gasteiger partial charge in [-0.15, -0.1) is 0 Å². The van der Waals surface area contributed by atoms with Gasteiger partial charge < -0.3 is 5.73 Å². The van der Waals surface area contributed by atoms with Crippen LogP contribution in [-0.2, 0) is 6.42 Å². The largest absolute Gasteiger partial charge is 0.383 e. The summed E-state index contributed by atoms with van der Waals surface area (Å²) in [6, 6.07) is 14.9. The Hall–Kier alpha value is -2.75. The number of carbonyl (C=O) groups is 1. The Morgan fingerprint density at radius 1 is 1.05 bits per heavy atom. The molecular weight excluding hydrogens is 250 g/mol. The first-order valence-corrected chi connectivity index (χ1v) is 6.32. The molecule has 98 valence electrons. The van der Waals surface area contributed by atoms with Crippen LogP contribution in [0.3, 0.4) is 0 Å². The third-order valence-corrected chi connectivity index (χ3v) is 3.16. The molecule has 0 aliphatic heterocycles. The van der Waals surface area contributed by atoms with Crippen LogP contribution in [0.4, 0.5) is 5.82 Å². The summed E-state index contributed by atoms with van der Waals surface area (Å²) in [6.07, 6.45) is 1.82. The van der Waals surface area contributed by atoms with Crippen LogP contribution in [0.5, 0.6) is 0 Å². The Kier molecular flexibility index (Phi) is 3.13. The fourth-order valence-corrected chi connectivity index (χ4v) is 2.09. The van der Waals surface area contributed by atoms with Crippen molar-refractivity contribution < 1.29 is 4.79 Å². The summed E-state index contributed by atoms with van der Waals surface area (Å²) < 4.78 is 0. The smallest absolute Gasteiger partial charge is 0.185 e. The number of nitrogens with zero attached hydrogens (tertiary/aromatic N) is 2. The number of fused-ring (bicyclic) bond motifs is 1. The summed E-state index contributed by atoms with van der Waals surface area (Å²) in [5.41, 5.74) is 7.75. The molecule has 0 unspecified atom stereocenters. The molecule has 2 N–H and O–H groups in total. The lowest BCUT2D eigenvalue weighted by Crippen LogP contribution is -2.08. The second-order valence-corrected chi connectivity index (χ2v) is 4.54. The third kappa shape index (κ3) is 2.36. The molecule has 0 amide bonds. The van der Waals surface area contributed by atoms with E-state index < -0.39 is 0 Å². The number of aromatic nitrogens is 2. The first kappa shape index (κ1) is 12.3. The van der Waals surface area contributed by atoms with Crippen LogP contribution in [0.1, 0.15) is 16.1 Å². The zero-order chi connectivity index (χ0) is 13.9. The normalized spacial score (nSPS) is 10.6. The number of hydrogen-bond acceptors (Lipinski definition) is 4. The van der Waals surface area contributed by atoms with Crippen molar-refractivity contribution in [1.29, 1.82) is 0 Å². The highest BCUT2D eigenvalue weighted by Gasteiger charge is 2.11. The minimum Gasteiger partial charge on any atom is -0.383 e. The number of nitrogens with two attached hydrogens (primary N) is 1. The number of benzene rings is 1. The van der Waals surface area contributed by atoms with E-state index in [0.717, 1.165) is 16.5 Å². The molecule has 4 heteroatoms. The van der Waals surface area contributed by atoms with Crippen LogP contribution >= 0.6 is 0 Å². The molecule has 0 radical (unpaired) electrons. The highest BCUT2D eigenvalue weighted by atomic mass is 16.1. The Morgan fingerprint density at radius 2 is 1.90 bits per heavy atom. The monoisotopic (exact) mass is 263 g/mol. The molecule has 2 aromatic heterocycles. The van der Waals surface area contributed by atoms with Gasteiger partial charge in [0.15, 0.2) is 5.78 Å². The zero-order valence-corrected chi connectivity index (χ0v) is 10.8. The minimum atomic E-state index is -0.0598. The lowest BCUT2D eigenvalue weighted by atomic mass is 10.1. The van der Waals surface area contributed by atoms with Gasteiger partial charge in [0.05, 0.1) is 5.52 Å². The van der Waals surface area contributed by atoms with Crippen molar-refractivity contribution in [3.8, 4) is 0 Å². The maximum absolute atomic E-state index is 12.3. The number of anilines is 1. The number of nitrogen functional groups attached to an aromatic ring is 1. The Morgan fingerprint density at radius 3 is 2.75 bits per heavy atom. The molecule has 0 saturated heterocycles. The highest BCUT2D eigenvalue weighted by molar-refractivity contribution is 5.98. The van der Waals surface area contributed by atoms with Gasteiger partial charge in [-0.2, -0.15) is 0 Å². The van der Waals surface area contributed by atoms with Crippen molar-refractivity contribution in [2.45, 2.75) is 6.42 Å². The molecule has 20 heavy (non-hydrogen) atoms. The molecule has 4 nitrogen and oxygen atoms in total. The number of rotatable bonds is 3. The summed E-state index contributed by atoms with van der Waals surface area (Å²) in [5, 5.41) is 1.02. The fourth-order valence-electron chi connectivity index (χ4n) is 2.09. The molecule has 0 saturated carbocycles. The van der Waals surface area contributed by atoms with Gasteiger partial charge in [0.1, 0.15) is 11.5 Å². The molecule has 0 atom stereocenters. The van der Waals surface area contributed by atoms with Crippen molar-refractivity contribution in [1.82, 2.24) is 9.97 Å². The van der Waals surface area contributed by atoms with Crippen molar-refractivity contribution in [2.24, 2.45) is 0 Å². The molecule has 3 rings (SSSR count). The van der Waals surface area contributed by atoms with E-state index in [-0.39, 0.29) is 12.2 Å². The molecule has 3 aromatic rings. The van der Waals surface area contributed by atoms with Crippen molar-refractivity contribution >= 4 is 22.5 Å². The van der Waals surface area contributed by atoms with Gasteiger partial charge in [0, 0.05) is 23.6 Å². The summed E-state index contributed by atoms with van der Waals surface area (Å²) in [4.78, 5) is 20.6. The summed E-state index contributed by atoms with van der Waals surface area (Å²) >= 11 is 0. The summed E-state index contributed by atoms with van der Waals surface area (Å²) in [7, 11) is 0. The van der Waals surface area contributed by atoms with E-state index in [1.807, 2.05) is 30.3 Å². The van der Waals surface area contributed by atoms with E-state index in [9.17, 15) is 4.79 Å². The molecular formula is C16H13N3O. The Bertz CT molecular complexity index is 783. The molecule has 0 spiro atoms. The SMILES string of the molecule is Nc1ncccc1CC(=O)c1ccc2ccccc2n1. The second kappa shape index (κ2) is 5.09. The minimum absolute atomic E-state index is 0.0598. The average Bonchev–Trinajstić information content (AvgIpc) is 2.49. The van der Waals surface area contributed by atoms with Crippen LogP contribution in [0.2, 0.25) is 0 Å². The Balaban J connectivity index is 1.91. The van der Waals surface area contributed by atoms with Crippen LogP contribution in [-0.4, -0.2) is 15.8 Å². The molecule has 0 aliphatic rings. The molecule has 0 bridgehead atoms. The number of pyridine rings is 2. The summed E-state index contributed by atoms with van der Waals surface area (Å²) in [6.45, 7) is 0. The third-order valence-electron chi connectivity index (χ3n) is 3.16. The Labute approximate surface area is 116 Å². The van der Waals surface area contributed by atoms with Crippen LogP contribution < -0.4 is 5.73 Å². The zero-order valence-electron chi connectivity index (χ0n) is 10.8. The number of para-hydroxylation sites is 1. The van der Waals surface area contributed by atoms with E-state index >= 15 is 0 Å². The second-order valence-electron chi connectivity index (χ2n) is 4.54. The highest BCUT2D eigenvalue weighted by Crippen LogP contribution is 2.15. The first-order chi connectivity index (χ1) is 9.74. The number of hydrogen-bond donors (Lipinski definition) is 1. The quantitative estimate of drug-likeness (QED) is 0.737. The predicted molar refractivity (Wildman–Crippen MR) is 78.4 cm³/mol. The van der Waals surface area contributed by atoms with Gasteiger partial charge in [0.25, 0.3) is 0 Å². The fraction of sp³-hybridized carbons (Fsp3) is 0.0625. The standard InChI is InChI=1S/C16H13N3O/c17-16-12(5-3-9-18-16)10-15(20)14-8-7-11-4-1-2-6-13(11)19-14/h1-9H,10H2,(H2,17,18). The van der Waals surface area contributed by atoms with Crippen molar-refractivity contribution in [3.63, 3.8) is 0 Å². The van der Waals surface area contributed by atoms with Gasteiger partial charge in [0.2, 0.25) is 0 Å². The molecule has 2 heterocycles. The topological polar surface area (TPSA) is 68.9 Å². The van der Waals surface area contributed by atoms with Crippen molar-refractivity contribution in [3.05, 3.63) is 66.0 Å². The van der Waals surface area contributed by atoms with Gasteiger partial charge >= 0.3 is 0 Å². The van der Waals surface area contributed by atoms with Gasteiger partial charge in [-0.1, -0.05) is 30.3 Å². The maximum atomic E-state index is 12.3. The lowest BCUT2D eigenvalue weighted by Gasteiger charge is -2.04. The molecule has 1 aromatic carbocycles. The number of ketones is 1. The van der Waals surface area contributed by atoms with Gasteiger partial charge in [-0.3, -0.25) is 4.79 Å². The van der Waals surface area contributed by atoms with Crippen LogP contribution in [0, 0.1) is 0 Å². The van der Waals surface area contributed by atoms with Crippen molar-refractivity contribution in [2.75, 3.05) is 5.73 Å². The number of Topliss-reactive ketones (excluding diaryl/α,β-unsaturated/α-hetero) is 1.